The van der Waals surface area contributed by atoms with Crippen molar-refractivity contribution < 1.29 is 19.8 Å². The summed E-state index contributed by atoms with van der Waals surface area (Å²) < 4.78 is 0. The molecule has 2 N–H and O–H groups in total. The topological polar surface area (TPSA) is 131 Å². The van der Waals surface area contributed by atoms with Crippen LogP contribution in [0.2, 0.25) is 0 Å². The molecular weight excluding hydrogens is 532 g/mol. The van der Waals surface area contributed by atoms with Gasteiger partial charge in [0.1, 0.15) is 0 Å². The lowest BCUT2D eigenvalue weighted by molar-refractivity contribution is 0.0686. The first-order valence-corrected chi connectivity index (χ1v) is 13.5. The van der Waals surface area contributed by atoms with Gasteiger partial charge >= 0.3 is 11.9 Å². The van der Waals surface area contributed by atoms with Crippen LogP contribution in [0.15, 0.2) is 105 Å². The summed E-state index contributed by atoms with van der Waals surface area (Å²) in [5.41, 5.74) is 6.95. The lowest BCUT2D eigenvalue weighted by atomic mass is 10.1. The average Bonchev–Trinajstić information content (AvgIpc) is 3.00. The van der Waals surface area contributed by atoms with E-state index in [0.29, 0.717) is 11.4 Å². The molecule has 1 aliphatic heterocycles. The third kappa shape index (κ3) is 6.67. The van der Waals surface area contributed by atoms with Crippen LogP contribution in [-0.2, 0) is 0 Å². The van der Waals surface area contributed by atoms with Crippen LogP contribution < -0.4 is 9.80 Å². The van der Waals surface area contributed by atoms with Gasteiger partial charge in [0, 0.05) is 37.6 Å². The number of carboxylic acid groups (broad SMARTS) is 2. The fraction of sp³-hybridized carbons (Fsp3) is 0.188. The number of azo groups is 2. The maximum absolute atomic E-state index is 11.1. The Morgan fingerprint density at radius 1 is 0.548 bits per heavy atom. The van der Waals surface area contributed by atoms with Gasteiger partial charge < -0.3 is 20.0 Å². The van der Waals surface area contributed by atoms with Gasteiger partial charge in [0.15, 0.2) is 0 Å². The lowest BCUT2D eigenvalue weighted by Crippen LogP contribution is -2.46. The maximum Gasteiger partial charge on any atom is 0.335 e. The van der Waals surface area contributed by atoms with E-state index >= 15 is 0 Å². The SMILES string of the molecule is Cc1cc(C(=O)O)ccc1/N=N/c1ccc(N2CCN(c3ccc(/N=N/c4ccc(C(=O)O)cc4C)cc3)CC2)cc1. The molecule has 1 heterocycles. The molecule has 0 aliphatic carbocycles. The van der Waals surface area contributed by atoms with Crippen molar-refractivity contribution in [3.8, 4) is 0 Å². The highest BCUT2D eigenvalue weighted by Crippen LogP contribution is 2.28. The fourth-order valence-electron chi connectivity index (χ4n) is 4.71. The fourth-order valence-corrected chi connectivity index (χ4v) is 4.71. The molecule has 1 fully saturated rings. The Morgan fingerprint density at radius 3 is 1.21 bits per heavy atom. The van der Waals surface area contributed by atoms with Crippen LogP contribution in [0.4, 0.5) is 34.1 Å². The molecular formula is C32H30N6O4. The number of carboxylic acids is 2. The number of carbonyl (C=O) groups is 2. The molecule has 10 heteroatoms. The zero-order chi connectivity index (χ0) is 29.6. The van der Waals surface area contributed by atoms with E-state index in [1.54, 1.807) is 24.3 Å². The first kappa shape index (κ1) is 28.2. The lowest BCUT2D eigenvalue weighted by Gasteiger charge is -2.37. The van der Waals surface area contributed by atoms with Crippen molar-refractivity contribution >= 4 is 46.1 Å². The average molecular weight is 563 g/mol. The van der Waals surface area contributed by atoms with Crippen LogP contribution in [0.1, 0.15) is 31.8 Å². The maximum atomic E-state index is 11.1. The molecule has 0 amide bonds. The van der Waals surface area contributed by atoms with Crippen LogP contribution in [0.25, 0.3) is 0 Å². The largest absolute Gasteiger partial charge is 0.478 e. The van der Waals surface area contributed by atoms with Crippen molar-refractivity contribution in [1.29, 1.82) is 0 Å². The third-order valence-corrected chi connectivity index (χ3v) is 7.14. The molecule has 212 valence electrons. The van der Waals surface area contributed by atoms with Crippen molar-refractivity contribution in [2.45, 2.75) is 13.8 Å². The van der Waals surface area contributed by atoms with E-state index in [9.17, 15) is 9.59 Å². The Balaban J connectivity index is 1.14. The minimum absolute atomic E-state index is 0.230. The minimum Gasteiger partial charge on any atom is -0.478 e. The number of hydrogen-bond acceptors (Lipinski definition) is 8. The highest BCUT2D eigenvalue weighted by molar-refractivity contribution is 5.89. The van der Waals surface area contributed by atoms with Gasteiger partial charge in [0.25, 0.3) is 0 Å². The summed E-state index contributed by atoms with van der Waals surface area (Å²) in [4.78, 5) is 26.9. The van der Waals surface area contributed by atoms with Gasteiger partial charge in [0.05, 0.1) is 33.9 Å². The summed E-state index contributed by atoms with van der Waals surface area (Å²) in [6.07, 6.45) is 0. The van der Waals surface area contributed by atoms with Gasteiger partial charge in [0.2, 0.25) is 0 Å². The molecule has 0 saturated carbocycles. The Bertz CT molecular complexity index is 1530. The molecule has 0 bridgehead atoms. The predicted molar refractivity (Wildman–Crippen MR) is 162 cm³/mol. The molecule has 4 aromatic rings. The first-order valence-electron chi connectivity index (χ1n) is 13.5. The number of piperazine rings is 1. The molecule has 1 saturated heterocycles. The van der Waals surface area contributed by atoms with E-state index in [-0.39, 0.29) is 11.1 Å². The molecule has 10 nitrogen and oxygen atoms in total. The van der Waals surface area contributed by atoms with E-state index in [1.165, 1.54) is 12.1 Å². The van der Waals surface area contributed by atoms with Gasteiger partial charge in [-0.2, -0.15) is 20.5 Å². The van der Waals surface area contributed by atoms with Crippen LogP contribution >= 0.6 is 0 Å². The summed E-state index contributed by atoms with van der Waals surface area (Å²) in [6, 6.07) is 25.5. The molecule has 1 aliphatic rings. The van der Waals surface area contributed by atoms with Gasteiger partial charge in [-0.15, -0.1) is 0 Å². The summed E-state index contributed by atoms with van der Waals surface area (Å²) in [5.74, 6) is -1.93. The van der Waals surface area contributed by atoms with Crippen molar-refractivity contribution in [2.24, 2.45) is 20.5 Å². The van der Waals surface area contributed by atoms with Crippen molar-refractivity contribution in [3.63, 3.8) is 0 Å². The zero-order valence-corrected chi connectivity index (χ0v) is 23.3. The quantitative estimate of drug-likeness (QED) is 0.210. The molecule has 0 radical (unpaired) electrons. The molecule has 4 aromatic carbocycles. The van der Waals surface area contributed by atoms with Crippen LogP contribution in [0.5, 0.6) is 0 Å². The van der Waals surface area contributed by atoms with Gasteiger partial charge in [-0.25, -0.2) is 9.59 Å². The van der Waals surface area contributed by atoms with Crippen LogP contribution in [0.3, 0.4) is 0 Å². The van der Waals surface area contributed by atoms with Gasteiger partial charge in [-0.3, -0.25) is 0 Å². The monoisotopic (exact) mass is 562 g/mol. The smallest absolute Gasteiger partial charge is 0.335 e. The molecule has 0 unspecified atom stereocenters. The van der Waals surface area contributed by atoms with Gasteiger partial charge in [-0.05, 0) is 110 Å². The molecule has 0 spiro atoms. The number of aryl methyl sites for hydroxylation is 2. The Morgan fingerprint density at radius 2 is 0.905 bits per heavy atom. The zero-order valence-electron chi connectivity index (χ0n) is 23.3. The number of hydrogen-bond donors (Lipinski definition) is 2. The highest BCUT2D eigenvalue weighted by Gasteiger charge is 2.17. The Labute approximate surface area is 243 Å². The molecule has 42 heavy (non-hydrogen) atoms. The van der Waals surface area contributed by atoms with Crippen molar-refractivity contribution in [2.75, 3.05) is 36.0 Å². The normalized spacial score (nSPS) is 13.7. The standard InChI is InChI=1S/C32H30N6O4/c1-21-19-23(31(39)40)3-13-29(21)35-33-25-5-9-27(10-6-25)37-15-17-38(18-16-37)28-11-7-26(8-12-28)34-36-30-14-4-24(32(41)42)20-22(30)2/h3-14,19-20H,15-18H2,1-2H3,(H,39,40)(H,41,42)/b35-33+,36-34+. The van der Waals surface area contributed by atoms with E-state index < -0.39 is 11.9 Å². The molecule has 0 aromatic heterocycles. The summed E-state index contributed by atoms with van der Waals surface area (Å²) in [6.45, 7) is 7.14. The third-order valence-electron chi connectivity index (χ3n) is 7.14. The summed E-state index contributed by atoms with van der Waals surface area (Å²) in [5, 5.41) is 35.4. The number of anilines is 2. The summed E-state index contributed by atoms with van der Waals surface area (Å²) in [7, 11) is 0. The van der Waals surface area contributed by atoms with Crippen LogP contribution in [-0.4, -0.2) is 48.3 Å². The highest BCUT2D eigenvalue weighted by atomic mass is 16.4. The van der Waals surface area contributed by atoms with Crippen LogP contribution in [0, 0.1) is 13.8 Å². The van der Waals surface area contributed by atoms with Crippen molar-refractivity contribution in [1.82, 2.24) is 0 Å². The number of rotatable bonds is 8. The van der Waals surface area contributed by atoms with E-state index in [2.05, 4.69) is 30.3 Å². The van der Waals surface area contributed by atoms with E-state index in [4.69, 9.17) is 10.2 Å². The number of nitrogens with zero attached hydrogens (tertiary/aromatic N) is 6. The first-order chi connectivity index (χ1) is 20.3. The molecule has 5 rings (SSSR count). The second kappa shape index (κ2) is 12.4. The van der Waals surface area contributed by atoms with Gasteiger partial charge in [-0.1, -0.05) is 0 Å². The Hall–Kier alpha value is -5.38. The minimum atomic E-state index is -0.964. The Kier molecular flexibility index (Phi) is 8.33. The second-order valence-corrected chi connectivity index (χ2v) is 10.0. The molecule has 0 atom stereocenters. The summed E-state index contributed by atoms with van der Waals surface area (Å²) >= 11 is 0. The number of aromatic carboxylic acids is 2. The predicted octanol–water partition coefficient (Wildman–Crippen LogP) is 7.86. The number of benzene rings is 4. The second-order valence-electron chi connectivity index (χ2n) is 10.0. The van der Waals surface area contributed by atoms with E-state index in [1.807, 2.05) is 62.4 Å². The van der Waals surface area contributed by atoms with E-state index in [0.717, 1.165) is 60.1 Å². The van der Waals surface area contributed by atoms with Crippen molar-refractivity contribution in [3.05, 3.63) is 107 Å².